The number of aliphatic carboxylic acids is 1. The number of piperazine rings is 1. The van der Waals surface area contributed by atoms with Crippen molar-refractivity contribution in [3.63, 3.8) is 0 Å². The van der Waals surface area contributed by atoms with Crippen molar-refractivity contribution in [2.24, 2.45) is 0 Å². The number of hydrogen-bond donors (Lipinski definition) is 1. The lowest BCUT2D eigenvalue weighted by Crippen LogP contribution is -2.52. The predicted octanol–water partition coefficient (Wildman–Crippen LogP) is 1.54. The first kappa shape index (κ1) is 17.0. The van der Waals surface area contributed by atoms with E-state index in [9.17, 15) is 14.7 Å². The number of likely N-dealkylation sites (tertiary alicyclic amines) is 1. The van der Waals surface area contributed by atoms with Crippen LogP contribution in [0.25, 0.3) is 0 Å². The molecule has 0 aliphatic carbocycles. The number of carboxylic acid groups (broad SMARTS) is 1. The Morgan fingerprint density at radius 1 is 1.17 bits per heavy atom. The van der Waals surface area contributed by atoms with Crippen molar-refractivity contribution < 1.29 is 14.7 Å². The fourth-order valence-electron chi connectivity index (χ4n) is 3.46. The number of halogens is 1. The molecule has 2 aliphatic heterocycles. The van der Waals surface area contributed by atoms with Gasteiger partial charge >= 0.3 is 5.97 Å². The second-order valence-electron chi connectivity index (χ2n) is 6.31. The molecule has 2 fully saturated rings. The molecule has 3 rings (SSSR count). The van der Waals surface area contributed by atoms with Gasteiger partial charge in [-0.2, -0.15) is 0 Å². The number of nitrogens with zero attached hydrogens (tertiary/aromatic N) is 3. The van der Waals surface area contributed by atoms with E-state index >= 15 is 0 Å². The summed E-state index contributed by atoms with van der Waals surface area (Å²) in [5, 5.41) is 9.91. The van der Waals surface area contributed by atoms with Crippen molar-refractivity contribution in [1.82, 2.24) is 9.80 Å². The van der Waals surface area contributed by atoms with Gasteiger partial charge in [-0.3, -0.25) is 14.5 Å². The highest BCUT2D eigenvalue weighted by atomic mass is 35.5. The van der Waals surface area contributed by atoms with Crippen LogP contribution in [0.2, 0.25) is 5.02 Å². The van der Waals surface area contributed by atoms with Crippen molar-refractivity contribution in [2.75, 3.05) is 44.2 Å². The van der Waals surface area contributed by atoms with Gasteiger partial charge in [0.15, 0.2) is 0 Å². The van der Waals surface area contributed by atoms with Crippen LogP contribution < -0.4 is 4.90 Å². The summed E-state index contributed by atoms with van der Waals surface area (Å²) < 4.78 is 0. The third-order valence-electron chi connectivity index (χ3n) is 4.79. The molecule has 2 saturated heterocycles. The van der Waals surface area contributed by atoms with Gasteiger partial charge in [-0.25, -0.2) is 0 Å². The monoisotopic (exact) mass is 351 g/mol. The SMILES string of the molecule is O=C(O)[C@H]1CCCN1CC(=O)N1CCN(c2cccc(Cl)c2)CC1. The lowest BCUT2D eigenvalue weighted by Gasteiger charge is -2.37. The van der Waals surface area contributed by atoms with Gasteiger partial charge in [0.25, 0.3) is 0 Å². The lowest BCUT2D eigenvalue weighted by atomic mass is 10.2. The maximum Gasteiger partial charge on any atom is 0.320 e. The van der Waals surface area contributed by atoms with Crippen molar-refractivity contribution in [3.8, 4) is 0 Å². The Balaban J connectivity index is 1.53. The number of carbonyl (C=O) groups excluding carboxylic acids is 1. The fraction of sp³-hybridized carbons (Fsp3) is 0.529. The maximum atomic E-state index is 12.5. The van der Waals surface area contributed by atoms with Crippen molar-refractivity contribution >= 4 is 29.2 Å². The van der Waals surface area contributed by atoms with E-state index in [4.69, 9.17) is 11.6 Å². The molecule has 0 unspecified atom stereocenters. The van der Waals surface area contributed by atoms with Crippen LogP contribution in [0, 0.1) is 0 Å². The Bertz CT molecular complexity index is 617. The van der Waals surface area contributed by atoms with Gasteiger partial charge in [0, 0.05) is 36.9 Å². The summed E-state index contributed by atoms with van der Waals surface area (Å²) in [6.07, 6.45) is 1.47. The van der Waals surface area contributed by atoms with Crippen LogP contribution in [0.1, 0.15) is 12.8 Å². The van der Waals surface area contributed by atoms with E-state index in [0.29, 0.717) is 31.1 Å². The Kier molecular flexibility index (Phi) is 5.26. The highest BCUT2D eigenvalue weighted by molar-refractivity contribution is 6.30. The van der Waals surface area contributed by atoms with E-state index in [0.717, 1.165) is 25.2 Å². The predicted molar refractivity (Wildman–Crippen MR) is 92.5 cm³/mol. The van der Waals surface area contributed by atoms with Crippen LogP contribution in [0.5, 0.6) is 0 Å². The summed E-state index contributed by atoms with van der Waals surface area (Å²) in [7, 11) is 0. The molecule has 1 N–H and O–H groups in total. The summed E-state index contributed by atoms with van der Waals surface area (Å²) in [6.45, 7) is 3.70. The Morgan fingerprint density at radius 2 is 1.92 bits per heavy atom. The number of carbonyl (C=O) groups is 2. The Morgan fingerprint density at radius 3 is 2.58 bits per heavy atom. The van der Waals surface area contributed by atoms with E-state index in [1.807, 2.05) is 29.2 Å². The smallest absolute Gasteiger partial charge is 0.320 e. The second kappa shape index (κ2) is 7.40. The highest BCUT2D eigenvalue weighted by Gasteiger charge is 2.33. The van der Waals surface area contributed by atoms with Crippen LogP contribution >= 0.6 is 11.6 Å². The van der Waals surface area contributed by atoms with Gasteiger partial charge in [0.05, 0.1) is 6.54 Å². The number of carboxylic acids is 1. The van der Waals surface area contributed by atoms with Crippen LogP contribution in [0.4, 0.5) is 5.69 Å². The van der Waals surface area contributed by atoms with Crippen LogP contribution in [0.3, 0.4) is 0 Å². The van der Waals surface area contributed by atoms with Crippen molar-refractivity contribution in [3.05, 3.63) is 29.3 Å². The van der Waals surface area contributed by atoms with Gasteiger partial charge < -0.3 is 14.9 Å². The summed E-state index contributed by atoms with van der Waals surface area (Å²) in [4.78, 5) is 29.5. The molecule has 1 amide bonds. The molecule has 0 aromatic heterocycles. The Labute approximate surface area is 146 Å². The summed E-state index contributed by atoms with van der Waals surface area (Å²) in [5.41, 5.74) is 1.07. The molecule has 2 heterocycles. The number of amides is 1. The average Bonchev–Trinajstić information content (AvgIpc) is 3.03. The highest BCUT2D eigenvalue weighted by Crippen LogP contribution is 2.21. The van der Waals surface area contributed by atoms with Gasteiger partial charge in [-0.05, 0) is 37.6 Å². The van der Waals surface area contributed by atoms with E-state index in [-0.39, 0.29) is 12.5 Å². The number of anilines is 1. The molecule has 2 aliphatic rings. The molecule has 0 radical (unpaired) electrons. The molecule has 130 valence electrons. The molecule has 7 heteroatoms. The van der Waals surface area contributed by atoms with Gasteiger partial charge in [-0.1, -0.05) is 17.7 Å². The second-order valence-corrected chi connectivity index (χ2v) is 6.75. The summed E-state index contributed by atoms with van der Waals surface area (Å²) in [6, 6.07) is 7.21. The summed E-state index contributed by atoms with van der Waals surface area (Å²) >= 11 is 6.03. The van der Waals surface area contributed by atoms with Crippen LogP contribution in [0.15, 0.2) is 24.3 Å². The first-order valence-corrected chi connectivity index (χ1v) is 8.67. The normalized spacial score (nSPS) is 22.0. The third-order valence-corrected chi connectivity index (χ3v) is 5.03. The lowest BCUT2D eigenvalue weighted by molar-refractivity contribution is -0.143. The maximum absolute atomic E-state index is 12.5. The van der Waals surface area contributed by atoms with Gasteiger partial charge in [-0.15, -0.1) is 0 Å². The minimum Gasteiger partial charge on any atom is -0.480 e. The molecule has 24 heavy (non-hydrogen) atoms. The quantitative estimate of drug-likeness (QED) is 0.891. The molecule has 1 aromatic rings. The molecular formula is C17H22ClN3O3. The fourth-order valence-corrected chi connectivity index (χ4v) is 3.64. The van der Waals surface area contributed by atoms with E-state index in [2.05, 4.69) is 4.90 Å². The first-order valence-electron chi connectivity index (χ1n) is 8.30. The van der Waals surface area contributed by atoms with E-state index < -0.39 is 12.0 Å². The minimum absolute atomic E-state index is 0.0221. The largest absolute Gasteiger partial charge is 0.480 e. The molecular weight excluding hydrogens is 330 g/mol. The molecule has 0 bridgehead atoms. The molecule has 0 saturated carbocycles. The average molecular weight is 352 g/mol. The minimum atomic E-state index is -0.828. The standard InChI is InChI=1S/C17H22ClN3O3/c18-13-3-1-4-14(11-13)19-7-9-20(10-8-19)16(22)12-21-6-2-5-15(21)17(23)24/h1,3-4,11,15H,2,5-10,12H2,(H,23,24)/t15-/m1/s1. The first-order chi connectivity index (χ1) is 11.5. The van der Waals surface area contributed by atoms with E-state index in [1.165, 1.54) is 0 Å². The zero-order valence-electron chi connectivity index (χ0n) is 13.5. The van der Waals surface area contributed by atoms with Gasteiger partial charge in [0.2, 0.25) is 5.91 Å². The van der Waals surface area contributed by atoms with Crippen LogP contribution in [-0.2, 0) is 9.59 Å². The number of hydrogen-bond acceptors (Lipinski definition) is 4. The zero-order chi connectivity index (χ0) is 17.1. The van der Waals surface area contributed by atoms with Crippen LogP contribution in [-0.4, -0.2) is 72.1 Å². The molecule has 0 spiro atoms. The van der Waals surface area contributed by atoms with Crippen molar-refractivity contribution in [1.29, 1.82) is 0 Å². The number of benzene rings is 1. The van der Waals surface area contributed by atoms with Crippen molar-refractivity contribution in [2.45, 2.75) is 18.9 Å². The van der Waals surface area contributed by atoms with Gasteiger partial charge in [0.1, 0.15) is 6.04 Å². The molecule has 6 nitrogen and oxygen atoms in total. The van der Waals surface area contributed by atoms with E-state index in [1.54, 1.807) is 4.90 Å². The third kappa shape index (κ3) is 3.82. The zero-order valence-corrected chi connectivity index (χ0v) is 14.3. The molecule has 1 aromatic carbocycles. The number of rotatable bonds is 4. The Hall–Kier alpha value is -1.79. The molecule has 1 atom stereocenters. The topological polar surface area (TPSA) is 64.1 Å². The summed E-state index contributed by atoms with van der Waals surface area (Å²) in [5.74, 6) is -0.806.